The number of nitrogens with zero attached hydrogens (tertiary/aromatic N) is 6. The molecule has 38 heavy (non-hydrogen) atoms. The summed E-state index contributed by atoms with van der Waals surface area (Å²) in [6.07, 6.45) is 4.81. The highest BCUT2D eigenvalue weighted by molar-refractivity contribution is 5.69. The van der Waals surface area contributed by atoms with E-state index in [4.69, 9.17) is 4.74 Å². The highest BCUT2D eigenvalue weighted by Gasteiger charge is 2.38. The molecule has 9 heteroatoms. The zero-order chi connectivity index (χ0) is 26.3. The Morgan fingerprint density at radius 2 is 1.89 bits per heavy atom. The molecule has 2 aromatic heterocycles. The van der Waals surface area contributed by atoms with Crippen LogP contribution in [0.15, 0.2) is 77.9 Å². The molecule has 1 aromatic carbocycles. The molecule has 3 aliphatic rings. The number of methoxy groups -OCH3 is 1. The summed E-state index contributed by atoms with van der Waals surface area (Å²) in [7, 11) is 1.60. The summed E-state index contributed by atoms with van der Waals surface area (Å²) in [5, 5.41) is 14.6. The van der Waals surface area contributed by atoms with E-state index in [1.807, 2.05) is 40.9 Å². The van der Waals surface area contributed by atoms with Crippen molar-refractivity contribution in [3.8, 4) is 28.9 Å². The van der Waals surface area contributed by atoms with Crippen molar-refractivity contribution in [1.29, 1.82) is 5.26 Å². The lowest BCUT2D eigenvalue weighted by Crippen LogP contribution is -2.42. The van der Waals surface area contributed by atoms with Gasteiger partial charge in [-0.05, 0) is 54.8 Å². The fraction of sp³-hybridized carbons (Fsp3) is 0.241. The van der Waals surface area contributed by atoms with E-state index in [2.05, 4.69) is 21.1 Å². The summed E-state index contributed by atoms with van der Waals surface area (Å²) in [6, 6.07) is 20.0. The van der Waals surface area contributed by atoms with Crippen molar-refractivity contribution in [2.45, 2.75) is 24.8 Å². The van der Waals surface area contributed by atoms with Gasteiger partial charge in [-0.1, -0.05) is 18.2 Å². The number of fused-ring (bicyclic) bond motifs is 3. The number of halogens is 1. The van der Waals surface area contributed by atoms with E-state index in [0.29, 0.717) is 49.6 Å². The molecule has 3 aliphatic heterocycles. The van der Waals surface area contributed by atoms with Crippen molar-refractivity contribution in [2.24, 2.45) is 0 Å². The zero-order valence-electron chi connectivity index (χ0n) is 20.8. The Bertz CT molecular complexity index is 1710. The van der Waals surface area contributed by atoms with E-state index in [-0.39, 0.29) is 11.2 Å². The van der Waals surface area contributed by atoms with Crippen molar-refractivity contribution in [3.05, 3.63) is 100 Å². The monoisotopic (exact) mass is 508 g/mol. The molecule has 0 atom stereocenters. The molecule has 0 saturated carbocycles. The van der Waals surface area contributed by atoms with E-state index < -0.39 is 11.2 Å². The lowest BCUT2D eigenvalue weighted by Gasteiger charge is -2.37. The fourth-order valence-corrected chi connectivity index (χ4v) is 5.32. The summed E-state index contributed by atoms with van der Waals surface area (Å²) in [5.74, 6) is 0.656. The van der Waals surface area contributed by atoms with Crippen LogP contribution in [0.4, 0.5) is 4.39 Å². The van der Waals surface area contributed by atoms with Crippen LogP contribution in [0, 0.1) is 17.1 Å². The van der Waals surface area contributed by atoms with E-state index in [0.717, 1.165) is 21.5 Å². The molecule has 0 amide bonds. The van der Waals surface area contributed by atoms with E-state index in [1.165, 1.54) is 6.07 Å². The molecule has 0 aliphatic carbocycles. The number of piperidine rings is 1. The molecule has 0 bridgehead atoms. The van der Waals surface area contributed by atoms with Gasteiger partial charge in [-0.2, -0.15) is 9.94 Å². The normalized spacial score (nSPS) is 15.5. The second-order valence-electron chi connectivity index (χ2n) is 9.58. The molecule has 0 radical (unpaired) electrons. The molecule has 1 saturated heterocycles. The van der Waals surface area contributed by atoms with E-state index >= 15 is 0 Å². The quantitative estimate of drug-likeness (QED) is 0.354. The lowest BCUT2D eigenvalue weighted by atomic mass is 9.76. The second kappa shape index (κ2) is 9.39. The number of pyridine rings is 3. The predicted molar refractivity (Wildman–Crippen MR) is 140 cm³/mol. The van der Waals surface area contributed by atoms with E-state index in [9.17, 15) is 14.4 Å². The number of likely N-dealkylation sites (tertiary alicyclic amines) is 1. The molecule has 190 valence electrons. The van der Waals surface area contributed by atoms with Crippen LogP contribution in [0.3, 0.4) is 0 Å². The standard InChI is InChI=1S/C29H25FN6O2/c1-38-21-9-12-32-26(17-21)29(19-31)10-14-34(15-11-29)18-20-16-22-27(35-13-5-4-7-24(20)35)33-36(28(22)37)25-8-3-2-6-23(25)30/h2-9,12-13,16-17H,10-11,14-15,18H2,1H3. The van der Waals surface area contributed by atoms with Crippen molar-refractivity contribution in [1.82, 2.24) is 24.1 Å². The van der Waals surface area contributed by atoms with Gasteiger partial charge in [0.1, 0.15) is 22.7 Å². The van der Waals surface area contributed by atoms with Crippen molar-refractivity contribution < 1.29 is 9.13 Å². The van der Waals surface area contributed by atoms with Gasteiger partial charge in [-0.3, -0.25) is 19.1 Å². The summed E-state index contributed by atoms with van der Waals surface area (Å²) < 4.78 is 22.9. The topological polar surface area (TPSA) is 88.5 Å². The van der Waals surface area contributed by atoms with Gasteiger partial charge in [0, 0.05) is 38.1 Å². The van der Waals surface area contributed by atoms with Gasteiger partial charge in [-0.25, -0.2) is 4.39 Å². The molecular formula is C29H25FN6O2. The molecule has 8 nitrogen and oxygen atoms in total. The van der Waals surface area contributed by atoms with Crippen LogP contribution in [0.5, 0.6) is 5.75 Å². The number of para-hydroxylation sites is 1. The molecule has 6 rings (SSSR count). The maximum absolute atomic E-state index is 14.5. The lowest BCUT2D eigenvalue weighted by molar-refractivity contribution is 0.177. The van der Waals surface area contributed by atoms with Gasteiger partial charge in [0.25, 0.3) is 5.56 Å². The summed E-state index contributed by atoms with van der Waals surface area (Å²) in [6.45, 7) is 1.99. The number of rotatable bonds is 5. The second-order valence-corrected chi connectivity index (χ2v) is 9.58. The minimum absolute atomic E-state index is 0.120. The summed E-state index contributed by atoms with van der Waals surface area (Å²) in [5.41, 5.74) is 2.13. The highest BCUT2D eigenvalue weighted by Crippen LogP contribution is 2.36. The maximum Gasteiger partial charge on any atom is 0.282 e. The van der Waals surface area contributed by atoms with Crippen LogP contribution < -0.4 is 10.3 Å². The average molecular weight is 509 g/mol. The van der Waals surface area contributed by atoms with Gasteiger partial charge in [0.15, 0.2) is 5.82 Å². The first-order valence-electron chi connectivity index (χ1n) is 12.4. The first-order valence-corrected chi connectivity index (χ1v) is 12.4. The molecular weight excluding hydrogens is 483 g/mol. The first-order chi connectivity index (χ1) is 18.5. The summed E-state index contributed by atoms with van der Waals surface area (Å²) >= 11 is 0. The molecule has 0 N–H and O–H groups in total. The Hall–Kier alpha value is -4.55. The maximum atomic E-state index is 14.5. The number of hydrogen-bond donors (Lipinski definition) is 0. The molecule has 3 aromatic rings. The number of aromatic nitrogens is 4. The number of hydrogen-bond acceptors (Lipinski definition) is 6. The summed E-state index contributed by atoms with van der Waals surface area (Å²) in [4.78, 5) is 20.1. The average Bonchev–Trinajstić information content (AvgIpc) is 3.30. The Morgan fingerprint density at radius 3 is 2.66 bits per heavy atom. The van der Waals surface area contributed by atoms with Crippen LogP contribution in [0.2, 0.25) is 0 Å². The minimum Gasteiger partial charge on any atom is -0.497 e. The molecule has 0 spiro atoms. The minimum atomic E-state index is -0.672. The largest absolute Gasteiger partial charge is 0.497 e. The molecule has 5 heterocycles. The van der Waals surface area contributed by atoms with Crippen molar-refractivity contribution in [2.75, 3.05) is 20.2 Å². The van der Waals surface area contributed by atoms with Crippen LogP contribution in [-0.4, -0.2) is 44.3 Å². The van der Waals surface area contributed by atoms with Gasteiger partial charge >= 0.3 is 0 Å². The van der Waals surface area contributed by atoms with Crippen LogP contribution in [0.1, 0.15) is 24.1 Å². The van der Waals surface area contributed by atoms with Crippen molar-refractivity contribution in [3.63, 3.8) is 0 Å². The Kier molecular flexibility index (Phi) is 5.89. The smallest absolute Gasteiger partial charge is 0.282 e. The fourth-order valence-electron chi connectivity index (χ4n) is 5.32. The molecule has 1 fully saturated rings. The van der Waals surface area contributed by atoms with Crippen LogP contribution in [0.25, 0.3) is 22.6 Å². The van der Waals surface area contributed by atoms with E-state index in [1.54, 1.807) is 37.6 Å². The van der Waals surface area contributed by atoms with Gasteiger partial charge in [0.05, 0.1) is 30.0 Å². The van der Waals surface area contributed by atoms with Gasteiger partial charge in [0.2, 0.25) is 0 Å². The number of nitriles is 1. The third-order valence-electron chi connectivity index (χ3n) is 7.45. The zero-order valence-corrected chi connectivity index (χ0v) is 20.8. The Balaban J connectivity index is 1.34. The molecule has 0 unspecified atom stereocenters. The Morgan fingerprint density at radius 1 is 1.11 bits per heavy atom. The first kappa shape index (κ1) is 23.8. The third-order valence-corrected chi connectivity index (χ3v) is 7.45. The number of benzene rings is 1. The van der Waals surface area contributed by atoms with Crippen molar-refractivity contribution >= 4 is 5.52 Å². The SMILES string of the molecule is COc1ccnc(C2(C#N)CCN(Cc3cc4c(=O)n(-c5ccccc5F)nc-4n4ccccc34)CC2)c1. The number of ether oxygens (including phenoxy) is 1. The van der Waals surface area contributed by atoms with Gasteiger partial charge < -0.3 is 4.74 Å². The third kappa shape index (κ3) is 3.90. The van der Waals surface area contributed by atoms with Crippen LogP contribution >= 0.6 is 0 Å². The predicted octanol–water partition coefficient (Wildman–Crippen LogP) is 4.19. The Labute approximate surface area is 218 Å². The highest BCUT2D eigenvalue weighted by atomic mass is 19.1. The van der Waals surface area contributed by atoms with Crippen LogP contribution in [-0.2, 0) is 12.0 Å². The van der Waals surface area contributed by atoms with Gasteiger partial charge in [-0.15, -0.1) is 5.10 Å².